The van der Waals surface area contributed by atoms with Gasteiger partial charge in [0.25, 0.3) is 0 Å². The van der Waals surface area contributed by atoms with Crippen LogP contribution in [0.1, 0.15) is 31.3 Å². The van der Waals surface area contributed by atoms with Gasteiger partial charge in [0.1, 0.15) is 6.04 Å². The molecule has 130 valence electrons. The number of likely N-dealkylation sites (N-methyl/N-ethyl adjacent to an activating group) is 1. The molecule has 5 nitrogen and oxygen atoms in total. The van der Waals surface area contributed by atoms with Crippen LogP contribution in [0.3, 0.4) is 0 Å². The normalized spacial score (nSPS) is 18.3. The average Bonchev–Trinajstić information content (AvgIpc) is 2.82. The molecule has 9 heteroatoms. The van der Waals surface area contributed by atoms with E-state index < -0.39 is 22.9 Å². The van der Waals surface area contributed by atoms with Crippen molar-refractivity contribution in [1.82, 2.24) is 19.6 Å². The molecule has 2 rings (SSSR count). The van der Waals surface area contributed by atoms with Crippen LogP contribution in [0.25, 0.3) is 0 Å². The summed E-state index contributed by atoms with van der Waals surface area (Å²) in [7, 11) is 0. The number of carbonyl (C=O) groups excluding carboxylic acids is 1. The zero-order chi connectivity index (χ0) is 17.4. The van der Waals surface area contributed by atoms with Gasteiger partial charge < -0.3 is 9.80 Å². The van der Waals surface area contributed by atoms with Gasteiger partial charge in [-0.3, -0.25) is 9.48 Å². The number of piperazine rings is 1. The molecule has 1 aliphatic heterocycles. The SMILES string of the molecule is CCN1CCN(C(=O)C(C)n2nc(C(F)(F)F)c(Cl)c2C)CC1. The van der Waals surface area contributed by atoms with Crippen LogP contribution in [-0.2, 0) is 11.0 Å². The van der Waals surface area contributed by atoms with Crippen LogP contribution in [0.4, 0.5) is 13.2 Å². The molecule has 1 unspecified atom stereocenters. The summed E-state index contributed by atoms with van der Waals surface area (Å²) < 4.78 is 39.7. The maximum atomic E-state index is 12.9. The van der Waals surface area contributed by atoms with E-state index in [9.17, 15) is 18.0 Å². The molecular formula is C14H20ClF3N4O. The first-order valence-electron chi connectivity index (χ1n) is 7.49. The summed E-state index contributed by atoms with van der Waals surface area (Å²) in [4.78, 5) is 16.4. The maximum Gasteiger partial charge on any atom is 0.436 e. The van der Waals surface area contributed by atoms with Gasteiger partial charge >= 0.3 is 6.18 Å². The van der Waals surface area contributed by atoms with Crippen LogP contribution >= 0.6 is 11.6 Å². The van der Waals surface area contributed by atoms with Gasteiger partial charge in [-0.15, -0.1) is 0 Å². The summed E-state index contributed by atoms with van der Waals surface area (Å²) in [5.74, 6) is -0.239. The van der Waals surface area contributed by atoms with Crippen molar-refractivity contribution in [2.24, 2.45) is 0 Å². The molecule has 1 aromatic rings. The molecule has 0 N–H and O–H groups in total. The Balaban J connectivity index is 2.17. The molecule has 1 atom stereocenters. The van der Waals surface area contributed by atoms with E-state index in [2.05, 4.69) is 10.00 Å². The van der Waals surface area contributed by atoms with E-state index in [-0.39, 0.29) is 11.6 Å². The van der Waals surface area contributed by atoms with Crippen LogP contribution < -0.4 is 0 Å². The van der Waals surface area contributed by atoms with Crippen molar-refractivity contribution in [1.29, 1.82) is 0 Å². The van der Waals surface area contributed by atoms with Gasteiger partial charge in [0.05, 0.1) is 10.7 Å². The number of amides is 1. The number of carbonyl (C=O) groups is 1. The lowest BCUT2D eigenvalue weighted by Gasteiger charge is -2.35. The minimum absolute atomic E-state index is 0.145. The van der Waals surface area contributed by atoms with Gasteiger partial charge in [-0.25, -0.2) is 0 Å². The monoisotopic (exact) mass is 352 g/mol. The Morgan fingerprint density at radius 1 is 1.30 bits per heavy atom. The first-order valence-corrected chi connectivity index (χ1v) is 7.87. The molecule has 0 spiro atoms. The number of alkyl halides is 3. The average molecular weight is 353 g/mol. The molecule has 1 fully saturated rings. The van der Waals surface area contributed by atoms with E-state index in [1.54, 1.807) is 11.8 Å². The Morgan fingerprint density at radius 3 is 2.30 bits per heavy atom. The Hall–Kier alpha value is -1.28. The third kappa shape index (κ3) is 3.63. The molecule has 1 aromatic heterocycles. The molecule has 0 aromatic carbocycles. The standard InChI is InChI=1S/C14H20ClF3N4O/c1-4-20-5-7-21(8-6-20)13(23)10(3)22-9(2)11(15)12(19-22)14(16,17)18/h10H,4-8H2,1-3H3. The highest BCUT2D eigenvalue weighted by Gasteiger charge is 2.39. The summed E-state index contributed by atoms with van der Waals surface area (Å²) >= 11 is 5.74. The number of nitrogens with zero attached hydrogens (tertiary/aromatic N) is 4. The number of halogens is 4. The Labute approximate surface area is 138 Å². The van der Waals surface area contributed by atoms with Crippen molar-refractivity contribution in [3.05, 3.63) is 16.4 Å². The molecule has 1 aliphatic rings. The third-order valence-electron chi connectivity index (χ3n) is 4.20. The van der Waals surface area contributed by atoms with E-state index in [0.717, 1.165) is 24.3 Å². The first kappa shape index (κ1) is 18.1. The fourth-order valence-electron chi connectivity index (χ4n) is 2.71. The van der Waals surface area contributed by atoms with Crippen LogP contribution in [0.2, 0.25) is 5.02 Å². The number of aromatic nitrogens is 2. The second-order valence-corrected chi connectivity index (χ2v) is 6.00. The summed E-state index contributed by atoms with van der Waals surface area (Å²) in [6.45, 7) is 8.61. The highest BCUT2D eigenvalue weighted by atomic mass is 35.5. The van der Waals surface area contributed by atoms with Crippen LogP contribution in [0.5, 0.6) is 0 Å². The number of hydrogen-bond acceptors (Lipinski definition) is 3. The fraction of sp³-hybridized carbons (Fsp3) is 0.714. The predicted octanol–water partition coefficient (Wildman–Crippen LogP) is 2.59. The molecule has 0 aliphatic carbocycles. The minimum atomic E-state index is -4.64. The minimum Gasteiger partial charge on any atom is -0.338 e. The van der Waals surface area contributed by atoms with Crippen molar-refractivity contribution in [2.75, 3.05) is 32.7 Å². The summed E-state index contributed by atoms with van der Waals surface area (Å²) in [6, 6.07) is -0.822. The second kappa shape index (κ2) is 6.68. The third-order valence-corrected chi connectivity index (χ3v) is 4.65. The number of hydrogen-bond donors (Lipinski definition) is 0. The summed E-state index contributed by atoms with van der Waals surface area (Å²) in [6.07, 6.45) is -4.64. The van der Waals surface area contributed by atoms with Gasteiger partial charge in [0, 0.05) is 26.2 Å². The van der Waals surface area contributed by atoms with Crippen molar-refractivity contribution >= 4 is 17.5 Å². The largest absolute Gasteiger partial charge is 0.436 e. The smallest absolute Gasteiger partial charge is 0.338 e. The molecule has 23 heavy (non-hydrogen) atoms. The van der Waals surface area contributed by atoms with Crippen LogP contribution in [0.15, 0.2) is 0 Å². The fourth-order valence-corrected chi connectivity index (χ4v) is 2.94. The summed E-state index contributed by atoms with van der Waals surface area (Å²) in [5, 5.41) is 3.08. The van der Waals surface area contributed by atoms with Gasteiger partial charge in [-0.1, -0.05) is 18.5 Å². The van der Waals surface area contributed by atoms with E-state index in [4.69, 9.17) is 11.6 Å². The molecule has 2 heterocycles. The zero-order valence-electron chi connectivity index (χ0n) is 13.3. The van der Waals surface area contributed by atoms with Crippen molar-refractivity contribution < 1.29 is 18.0 Å². The Morgan fingerprint density at radius 2 is 1.87 bits per heavy atom. The molecule has 1 saturated heterocycles. The van der Waals surface area contributed by atoms with Gasteiger partial charge in [0.15, 0.2) is 5.69 Å². The van der Waals surface area contributed by atoms with Gasteiger partial charge in [-0.05, 0) is 20.4 Å². The van der Waals surface area contributed by atoms with E-state index in [1.807, 2.05) is 6.92 Å². The lowest BCUT2D eigenvalue weighted by Crippen LogP contribution is -2.50. The zero-order valence-corrected chi connectivity index (χ0v) is 14.1. The molecule has 0 bridgehead atoms. The van der Waals surface area contributed by atoms with Crippen molar-refractivity contribution in [3.63, 3.8) is 0 Å². The predicted molar refractivity (Wildman–Crippen MR) is 80.4 cm³/mol. The molecule has 0 saturated carbocycles. The maximum absolute atomic E-state index is 12.9. The highest BCUT2D eigenvalue weighted by molar-refractivity contribution is 6.32. The lowest BCUT2D eigenvalue weighted by atomic mass is 10.2. The second-order valence-electron chi connectivity index (χ2n) is 5.63. The molecule has 1 amide bonds. The van der Waals surface area contributed by atoms with E-state index in [0.29, 0.717) is 13.1 Å². The quantitative estimate of drug-likeness (QED) is 0.839. The van der Waals surface area contributed by atoms with Gasteiger partial charge in [-0.2, -0.15) is 18.3 Å². The first-order chi connectivity index (χ1) is 10.7. The number of rotatable bonds is 3. The highest BCUT2D eigenvalue weighted by Crippen LogP contribution is 2.36. The van der Waals surface area contributed by atoms with Crippen LogP contribution in [0, 0.1) is 6.92 Å². The topological polar surface area (TPSA) is 41.4 Å². The molecular weight excluding hydrogens is 333 g/mol. The molecule has 0 radical (unpaired) electrons. The van der Waals surface area contributed by atoms with Crippen molar-refractivity contribution in [3.8, 4) is 0 Å². The van der Waals surface area contributed by atoms with E-state index in [1.165, 1.54) is 6.92 Å². The van der Waals surface area contributed by atoms with Crippen molar-refractivity contribution in [2.45, 2.75) is 33.0 Å². The van der Waals surface area contributed by atoms with E-state index >= 15 is 0 Å². The van der Waals surface area contributed by atoms with Gasteiger partial charge in [0.2, 0.25) is 5.91 Å². The Bertz CT molecular complexity index is 579. The lowest BCUT2D eigenvalue weighted by molar-refractivity contribution is -0.142. The Kier molecular flexibility index (Phi) is 5.25. The van der Waals surface area contributed by atoms with Crippen LogP contribution in [-0.4, -0.2) is 58.2 Å². The summed E-state index contributed by atoms with van der Waals surface area (Å²) in [5.41, 5.74) is -1.00.